The van der Waals surface area contributed by atoms with Crippen LogP contribution < -0.4 is 11.1 Å². The van der Waals surface area contributed by atoms with Crippen LogP contribution in [0, 0.1) is 0 Å². The van der Waals surface area contributed by atoms with Crippen molar-refractivity contribution in [3.05, 3.63) is 59.9 Å². The molecule has 22 heavy (non-hydrogen) atoms. The number of nitrogens with zero attached hydrogens (tertiary/aromatic N) is 1. The van der Waals surface area contributed by atoms with Gasteiger partial charge in [-0.1, -0.05) is 30.3 Å². The summed E-state index contributed by atoms with van der Waals surface area (Å²) in [4.78, 5) is 16.3. The van der Waals surface area contributed by atoms with Gasteiger partial charge in [0.2, 0.25) is 5.91 Å². The number of aryl methyl sites for hydroxylation is 1. The highest BCUT2D eigenvalue weighted by Crippen LogP contribution is 2.14. The van der Waals surface area contributed by atoms with Gasteiger partial charge in [-0.05, 0) is 44.4 Å². The molecule has 4 nitrogen and oxygen atoms in total. The molecule has 2 aromatic rings. The van der Waals surface area contributed by atoms with E-state index in [1.54, 1.807) is 18.3 Å². The predicted molar refractivity (Wildman–Crippen MR) is 89.3 cm³/mol. The molecule has 0 fully saturated rings. The third-order valence-electron chi connectivity index (χ3n) is 3.55. The topological polar surface area (TPSA) is 68.0 Å². The van der Waals surface area contributed by atoms with E-state index in [1.165, 1.54) is 5.56 Å². The van der Waals surface area contributed by atoms with Crippen molar-refractivity contribution in [3.63, 3.8) is 0 Å². The Morgan fingerprint density at radius 2 is 1.91 bits per heavy atom. The van der Waals surface area contributed by atoms with E-state index in [2.05, 4.69) is 22.4 Å². The van der Waals surface area contributed by atoms with Gasteiger partial charge in [0.05, 0.1) is 18.3 Å². The maximum atomic E-state index is 12.1. The molecule has 1 aromatic carbocycles. The van der Waals surface area contributed by atoms with Crippen LogP contribution in [0.25, 0.3) is 0 Å². The number of benzene rings is 1. The van der Waals surface area contributed by atoms with Crippen LogP contribution in [-0.2, 0) is 17.6 Å². The molecule has 0 aliphatic carbocycles. The van der Waals surface area contributed by atoms with Gasteiger partial charge < -0.3 is 11.1 Å². The van der Waals surface area contributed by atoms with Gasteiger partial charge in [0.25, 0.3) is 0 Å². The fourth-order valence-electron chi connectivity index (χ4n) is 2.29. The first-order valence-electron chi connectivity index (χ1n) is 7.50. The predicted octanol–water partition coefficient (Wildman–Crippen LogP) is 2.73. The Morgan fingerprint density at radius 3 is 2.55 bits per heavy atom. The zero-order valence-electron chi connectivity index (χ0n) is 13.2. The summed E-state index contributed by atoms with van der Waals surface area (Å²) >= 11 is 0. The van der Waals surface area contributed by atoms with Crippen molar-refractivity contribution in [2.75, 3.05) is 5.73 Å². The van der Waals surface area contributed by atoms with Gasteiger partial charge in [-0.25, -0.2) is 0 Å². The second-order valence-corrected chi connectivity index (χ2v) is 6.18. The van der Waals surface area contributed by atoms with Gasteiger partial charge in [-0.15, -0.1) is 0 Å². The van der Waals surface area contributed by atoms with Crippen LogP contribution in [0.3, 0.4) is 0 Å². The number of anilines is 1. The largest absolute Gasteiger partial charge is 0.397 e. The molecule has 0 aliphatic rings. The van der Waals surface area contributed by atoms with E-state index in [9.17, 15) is 4.79 Å². The maximum absolute atomic E-state index is 12.1. The maximum Gasteiger partial charge on any atom is 0.226 e. The molecule has 4 heteroatoms. The third kappa shape index (κ3) is 5.20. The first kappa shape index (κ1) is 16.0. The van der Waals surface area contributed by atoms with E-state index in [0.717, 1.165) is 18.5 Å². The summed E-state index contributed by atoms with van der Waals surface area (Å²) in [6.45, 7) is 4.09. The Labute approximate surface area is 131 Å². The van der Waals surface area contributed by atoms with Crippen molar-refractivity contribution in [2.24, 2.45) is 0 Å². The van der Waals surface area contributed by atoms with Gasteiger partial charge in [-0.2, -0.15) is 0 Å². The van der Waals surface area contributed by atoms with E-state index in [-0.39, 0.29) is 17.9 Å². The lowest BCUT2D eigenvalue weighted by atomic mass is 9.95. The smallest absolute Gasteiger partial charge is 0.226 e. The number of hydrogen-bond acceptors (Lipinski definition) is 3. The average molecular weight is 297 g/mol. The number of nitrogens with one attached hydrogen (secondary N) is 1. The summed E-state index contributed by atoms with van der Waals surface area (Å²) in [6.07, 6.45) is 3.67. The number of hydrogen-bond donors (Lipinski definition) is 2. The number of rotatable bonds is 6. The molecular formula is C18H23N3O. The molecule has 0 aliphatic heterocycles. The Kier molecular flexibility index (Phi) is 5.15. The highest BCUT2D eigenvalue weighted by Gasteiger charge is 2.20. The molecule has 0 radical (unpaired) electrons. The first-order valence-corrected chi connectivity index (χ1v) is 7.50. The van der Waals surface area contributed by atoms with E-state index >= 15 is 0 Å². The fourth-order valence-corrected chi connectivity index (χ4v) is 2.29. The number of pyridine rings is 1. The Balaban J connectivity index is 1.85. The van der Waals surface area contributed by atoms with Gasteiger partial charge in [-0.3, -0.25) is 9.78 Å². The van der Waals surface area contributed by atoms with Gasteiger partial charge in [0.1, 0.15) is 0 Å². The summed E-state index contributed by atoms with van der Waals surface area (Å²) in [7, 11) is 0. The molecular weight excluding hydrogens is 274 g/mol. The fraction of sp³-hybridized carbons (Fsp3) is 0.333. The van der Waals surface area contributed by atoms with Crippen LogP contribution in [0.15, 0.2) is 48.7 Å². The van der Waals surface area contributed by atoms with Crippen molar-refractivity contribution in [1.29, 1.82) is 0 Å². The first-order chi connectivity index (χ1) is 10.4. The monoisotopic (exact) mass is 297 g/mol. The highest BCUT2D eigenvalue weighted by atomic mass is 16.1. The molecule has 0 unspecified atom stereocenters. The van der Waals surface area contributed by atoms with Crippen LogP contribution in [0.4, 0.5) is 5.69 Å². The molecule has 0 spiro atoms. The van der Waals surface area contributed by atoms with E-state index in [4.69, 9.17) is 5.73 Å². The highest BCUT2D eigenvalue weighted by molar-refractivity contribution is 5.78. The number of nitrogens with two attached hydrogens (primary N) is 1. The number of carbonyl (C=O) groups excluding carboxylic acids is 1. The van der Waals surface area contributed by atoms with Crippen molar-refractivity contribution < 1.29 is 4.79 Å². The summed E-state index contributed by atoms with van der Waals surface area (Å²) < 4.78 is 0. The van der Waals surface area contributed by atoms with Crippen LogP contribution in [0.2, 0.25) is 0 Å². The SMILES string of the molecule is CC(C)(CCc1ccccc1)NC(=O)Cc1ccc(N)cn1. The zero-order valence-corrected chi connectivity index (χ0v) is 13.2. The average Bonchev–Trinajstić information content (AvgIpc) is 2.48. The second kappa shape index (κ2) is 7.07. The van der Waals surface area contributed by atoms with Crippen molar-refractivity contribution >= 4 is 11.6 Å². The lowest BCUT2D eigenvalue weighted by molar-refractivity contribution is -0.122. The summed E-state index contributed by atoms with van der Waals surface area (Å²) in [5.74, 6) is -0.0182. The van der Waals surface area contributed by atoms with Gasteiger partial charge in [0.15, 0.2) is 0 Å². The summed E-state index contributed by atoms with van der Waals surface area (Å²) in [5, 5.41) is 3.08. The van der Waals surface area contributed by atoms with Crippen LogP contribution in [-0.4, -0.2) is 16.4 Å². The number of aromatic nitrogens is 1. The number of nitrogen functional groups attached to an aromatic ring is 1. The van der Waals surface area contributed by atoms with E-state index in [0.29, 0.717) is 5.69 Å². The third-order valence-corrected chi connectivity index (χ3v) is 3.55. The standard InChI is InChI=1S/C18H23N3O/c1-18(2,11-10-14-6-4-3-5-7-14)21-17(22)12-16-9-8-15(19)13-20-16/h3-9,13H,10-12,19H2,1-2H3,(H,21,22). The minimum Gasteiger partial charge on any atom is -0.397 e. The molecule has 1 heterocycles. The minimum absolute atomic E-state index is 0.0182. The molecule has 0 atom stereocenters. The molecule has 1 aromatic heterocycles. The zero-order chi connectivity index (χ0) is 16.0. The lowest BCUT2D eigenvalue weighted by Crippen LogP contribution is -2.44. The van der Waals surface area contributed by atoms with Crippen LogP contribution in [0.5, 0.6) is 0 Å². The molecule has 116 valence electrons. The molecule has 1 amide bonds. The second-order valence-electron chi connectivity index (χ2n) is 6.18. The lowest BCUT2D eigenvalue weighted by Gasteiger charge is -2.26. The van der Waals surface area contributed by atoms with Crippen molar-refractivity contribution in [1.82, 2.24) is 10.3 Å². The van der Waals surface area contributed by atoms with E-state index in [1.807, 2.05) is 32.0 Å². The summed E-state index contributed by atoms with van der Waals surface area (Å²) in [5.41, 5.74) is 7.96. The quantitative estimate of drug-likeness (QED) is 0.861. The molecule has 0 saturated heterocycles. The number of carbonyl (C=O) groups is 1. The normalized spacial score (nSPS) is 11.2. The van der Waals surface area contributed by atoms with Crippen molar-refractivity contribution in [3.8, 4) is 0 Å². The molecule has 3 N–H and O–H groups in total. The van der Waals surface area contributed by atoms with Crippen LogP contribution in [0.1, 0.15) is 31.5 Å². The summed E-state index contributed by atoms with van der Waals surface area (Å²) in [6, 6.07) is 13.8. The van der Waals surface area contributed by atoms with Gasteiger partial charge >= 0.3 is 0 Å². The van der Waals surface area contributed by atoms with Crippen molar-refractivity contribution in [2.45, 2.75) is 38.6 Å². The Morgan fingerprint density at radius 1 is 1.18 bits per heavy atom. The van der Waals surface area contributed by atoms with Crippen LogP contribution >= 0.6 is 0 Å². The minimum atomic E-state index is -0.249. The Bertz CT molecular complexity index is 606. The van der Waals surface area contributed by atoms with Gasteiger partial charge in [0, 0.05) is 11.2 Å². The Hall–Kier alpha value is -2.36. The molecule has 0 bridgehead atoms. The van der Waals surface area contributed by atoms with E-state index < -0.39 is 0 Å². The molecule has 0 saturated carbocycles. The molecule has 2 rings (SSSR count). The number of amides is 1.